The van der Waals surface area contributed by atoms with Gasteiger partial charge in [-0.05, 0) is 33.2 Å². The quantitative estimate of drug-likeness (QED) is 0.875. The molecule has 0 spiro atoms. The second kappa shape index (κ2) is 7.33. The molecule has 2 aromatic rings. The summed E-state index contributed by atoms with van der Waals surface area (Å²) in [6.07, 6.45) is 2.22. The molecule has 1 aliphatic heterocycles. The predicted octanol–water partition coefficient (Wildman–Crippen LogP) is 2.47. The standard InChI is InChI=1S/C16H23N5OS/c1-11-8-14(20-16-18-12(2)10-23-16)19-15(17-11)13-4-3-5-21(9-13)6-7-22/h8,10,13,22H,3-7,9H2,1-2H3,(H,17,18,19,20)/t13-/m0/s1. The van der Waals surface area contributed by atoms with Gasteiger partial charge in [0.25, 0.3) is 0 Å². The monoisotopic (exact) mass is 333 g/mol. The summed E-state index contributed by atoms with van der Waals surface area (Å²) < 4.78 is 0. The molecular formula is C16H23N5OS. The van der Waals surface area contributed by atoms with E-state index in [9.17, 15) is 0 Å². The average molecular weight is 333 g/mol. The number of likely N-dealkylation sites (tertiary alicyclic amines) is 1. The fraction of sp³-hybridized carbons (Fsp3) is 0.562. The molecule has 6 nitrogen and oxygen atoms in total. The number of rotatable bonds is 5. The summed E-state index contributed by atoms with van der Waals surface area (Å²) in [5, 5.41) is 15.3. The van der Waals surface area contributed by atoms with Crippen LogP contribution in [0.1, 0.15) is 36.0 Å². The van der Waals surface area contributed by atoms with E-state index in [0.29, 0.717) is 5.92 Å². The van der Waals surface area contributed by atoms with Crippen molar-refractivity contribution in [2.24, 2.45) is 0 Å². The first-order chi connectivity index (χ1) is 11.1. The number of anilines is 2. The molecule has 1 aliphatic rings. The molecule has 3 heterocycles. The Morgan fingerprint density at radius 2 is 2.17 bits per heavy atom. The van der Waals surface area contributed by atoms with E-state index in [2.05, 4.69) is 20.2 Å². The smallest absolute Gasteiger partial charge is 0.188 e. The van der Waals surface area contributed by atoms with E-state index < -0.39 is 0 Å². The maximum absolute atomic E-state index is 9.14. The molecule has 1 fully saturated rings. The van der Waals surface area contributed by atoms with Crippen LogP contribution < -0.4 is 5.32 Å². The van der Waals surface area contributed by atoms with E-state index >= 15 is 0 Å². The summed E-state index contributed by atoms with van der Waals surface area (Å²) in [6.45, 7) is 6.88. The fourth-order valence-corrected chi connectivity index (χ4v) is 3.66. The Hall–Kier alpha value is -1.57. The van der Waals surface area contributed by atoms with Crippen LogP contribution in [0.25, 0.3) is 0 Å². The molecule has 7 heteroatoms. The Kier molecular flexibility index (Phi) is 5.20. The van der Waals surface area contributed by atoms with Crippen LogP contribution in [0.5, 0.6) is 0 Å². The lowest BCUT2D eigenvalue weighted by Gasteiger charge is -2.31. The Morgan fingerprint density at radius 1 is 1.30 bits per heavy atom. The molecule has 1 atom stereocenters. The second-order valence-electron chi connectivity index (χ2n) is 6.04. The SMILES string of the molecule is Cc1cc(Nc2nc(C)cs2)nc([C@H]2CCCN(CCO)C2)n1. The Balaban J connectivity index is 1.77. The minimum absolute atomic E-state index is 0.206. The van der Waals surface area contributed by atoms with E-state index in [0.717, 1.165) is 60.6 Å². The van der Waals surface area contributed by atoms with Gasteiger partial charge in [0.05, 0.1) is 12.3 Å². The molecule has 0 aromatic carbocycles. The van der Waals surface area contributed by atoms with Crippen molar-refractivity contribution in [1.29, 1.82) is 0 Å². The van der Waals surface area contributed by atoms with Crippen LogP contribution in [0.2, 0.25) is 0 Å². The first kappa shape index (κ1) is 16.3. The van der Waals surface area contributed by atoms with Crippen molar-refractivity contribution < 1.29 is 5.11 Å². The van der Waals surface area contributed by atoms with Crippen LogP contribution >= 0.6 is 11.3 Å². The summed E-state index contributed by atoms with van der Waals surface area (Å²) in [7, 11) is 0. The number of aliphatic hydroxyl groups excluding tert-OH is 1. The van der Waals surface area contributed by atoms with Crippen molar-refractivity contribution in [3.63, 3.8) is 0 Å². The van der Waals surface area contributed by atoms with Crippen LogP contribution in [0.4, 0.5) is 10.9 Å². The first-order valence-corrected chi connectivity index (χ1v) is 8.90. The van der Waals surface area contributed by atoms with Gasteiger partial charge in [0, 0.05) is 36.1 Å². The Morgan fingerprint density at radius 3 is 2.91 bits per heavy atom. The van der Waals surface area contributed by atoms with E-state index in [4.69, 9.17) is 10.1 Å². The molecule has 0 amide bonds. The molecule has 0 unspecified atom stereocenters. The average Bonchev–Trinajstić information content (AvgIpc) is 2.92. The number of aromatic nitrogens is 3. The Labute approximate surface area is 140 Å². The van der Waals surface area contributed by atoms with Crippen LogP contribution in [0, 0.1) is 13.8 Å². The maximum atomic E-state index is 9.14. The zero-order chi connectivity index (χ0) is 16.2. The number of aliphatic hydroxyl groups is 1. The van der Waals surface area contributed by atoms with Crippen molar-refractivity contribution >= 4 is 22.3 Å². The molecule has 0 bridgehead atoms. The van der Waals surface area contributed by atoms with Gasteiger partial charge in [0.15, 0.2) is 5.13 Å². The van der Waals surface area contributed by atoms with Gasteiger partial charge in [-0.3, -0.25) is 0 Å². The highest BCUT2D eigenvalue weighted by atomic mass is 32.1. The molecule has 3 rings (SSSR count). The number of thiazole rings is 1. The van der Waals surface area contributed by atoms with Crippen molar-refractivity contribution in [2.45, 2.75) is 32.6 Å². The van der Waals surface area contributed by atoms with Crippen molar-refractivity contribution in [1.82, 2.24) is 19.9 Å². The molecule has 0 radical (unpaired) electrons. The third-order valence-corrected chi connectivity index (χ3v) is 4.89. The highest BCUT2D eigenvalue weighted by Crippen LogP contribution is 2.26. The zero-order valence-electron chi connectivity index (χ0n) is 13.6. The molecule has 0 saturated carbocycles. The highest BCUT2D eigenvalue weighted by Gasteiger charge is 2.23. The predicted molar refractivity (Wildman–Crippen MR) is 92.4 cm³/mol. The van der Waals surface area contributed by atoms with Crippen molar-refractivity contribution in [2.75, 3.05) is 31.6 Å². The van der Waals surface area contributed by atoms with E-state index in [-0.39, 0.29) is 6.61 Å². The van der Waals surface area contributed by atoms with Crippen LogP contribution in [0.15, 0.2) is 11.4 Å². The third-order valence-electron chi connectivity index (χ3n) is 4.01. The van der Waals surface area contributed by atoms with Gasteiger partial charge in [-0.1, -0.05) is 0 Å². The molecular weight excluding hydrogens is 310 g/mol. The van der Waals surface area contributed by atoms with Crippen LogP contribution in [0.3, 0.4) is 0 Å². The van der Waals surface area contributed by atoms with Gasteiger partial charge in [-0.15, -0.1) is 11.3 Å². The first-order valence-electron chi connectivity index (χ1n) is 8.02. The number of hydrogen-bond acceptors (Lipinski definition) is 7. The molecule has 23 heavy (non-hydrogen) atoms. The summed E-state index contributed by atoms with van der Waals surface area (Å²) in [6, 6.07) is 1.95. The largest absolute Gasteiger partial charge is 0.395 e. The number of nitrogens with one attached hydrogen (secondary N) is 1. The van der Waals surface area contributed by atoms with Gasteiger partial charge in [-0.25, -0.2) is 15.0 Å². The summed E-state index contributed by atoms with van der Waals surface area (Å²) in [5.41, 5.74) is 1.97. The minimum atomic E-state index is 0.206. The van der Waals surface area contributed by atoms with Gasteiger partial charge >= 0.3 is 0 Å². The topological polar surface area (TPSA) is 74.2 Å². The van der Waals surface area contributed by atoms with Crippen LogP contribution in [-0.4, -0.2) is 51.2 Å². The normalized spacial score (nSPS) is 19.0. The maximum Gasteiger partial charge on any atom is 0.188 e. The van der Waals surface area contributed by atoms with Gasteiger partial charge in [0.2, 0.25) is 0 Å². The number of nitrogens with zero attached hydrogens (tertiary/aromatic N) is 4. The van der Waals surface area contributed by atoms with Crippen molar-refractivity contribution in [3.05, 3.63) is 28.7 Å². The molecule has 2 N–H and O–H groups in total. The molecule has 1 saturated heterocycles. The Bertz CT molecular complexity index is 658. The zero-order valence-corrected chi connectivity index (χ0v) is 14.4. The lowest BCUT2D eigenvalue weighted by molar-refractivity contribution is 0.159. The van der Waals surface area contributed by atoms with Crippen LogP contribution in [-0.2, 0) is 0 Å². The van der Waals surface area contributed by atoms with E-state index in [1.54, 1.807) is 11.3 Å². The summed E-state index contributed by atoms with van der Waals surface area (Å²) >= 11 is 1.58. The van der Waals surface area contributed by atoms with Gasteiger partial charge in [0.1, 0.15) is 11.6 Å². The van der Waals surface area contributed by atoms with Gasteiger partial charge < -0.3 is 15.3 Å². The fourth-order valence-electron chi connectivity index (χ4n) is 2.97. The third kappa shape index (κ3) is 4.25. The lowest BCUT2D eigenvalue weighted by atomic mass is 9.97. The molecule has 124 valence electrons. The summed E-state index contributed by atoms with van der Waals surface area (Å²) in [4.78, 5) is 16.1. The van der Waals surface area contributed by atoms with Gasteiger partial charge in [-0.2, -0.15) is 0 Å². The minimum Gasteiger partial charge on any atom is -0.395 e. The van der Waals surface area contributed by atoms with Crippen molar-refractivity contribution in [3.8, 4) is 0 Å². The number of β-amino-alcohol motifs (C(OH)–C–C–N with tert-alkyl or cyclic N) is 1. The number of hydrogen-bond donors (Lipinski definition) is 2. The lowest BCUT2D eigenvalue weighted by Crippen LogP contribution is -2.36. The van der Waals surface area contributed by atoms with E-state index in [1.165, 1.54) is 0 Å². The number of piperidine rings is 1. The highest BCUT2D eigenvalue weighted by molar-refractivity contribution is 7.13. The number of aryl methyl sites for hydroxylation is 2. The molecule has 0 aliphatic carbocycles. The second-order valence-corrected chi connectivity index (χ2v) is 6.89. The summed E-state index contributed by atoms with van der Waals surface area (Å²) in [5.74, 6) is 2.03. The van der Waals surface area contributed by atoms with E-state index in [1.807, 2.05) is 25.3 Å². The molecule has 2 aromatic heterocycles.